The van der Waals surface area contributed by atoms with E-state index >= 15 is 0 Å². The molecule has 0 amide bonds. The molecule has 6 unspecified atom stereocenters. The fourth-order valence-electron chi connectivity index (χ4n) is 4.27. The number of hydrogen-bond acceptors (Lipinski definition) is 8. The zero-order valence-electron chi connectivity index (χ0n) is 27.5. The molecule has 0 rings (SSSR count). The summed E-state index contributed by atoms with van der Waals surface area (Å²) in [5.41, 5.74) is 0. The molecular formula is C30H64NiO8P2. The van der Waals surface area contributed by atoms with Gasteiger partial charge in [0.05, 0.1) is 26.4 Å². The molecule has 11 heteroatoms. The first-order chi connectivity index (χ1) is 18.9. The first-order valence-electron chi connectivity index (χ1n) is 16.1. The van der Waals surface area contributed by atoms with E-state index in [4.69, 9.17) is 18.1 Å². The van der Waals surface area contributed by atoms with Crippen molar-refractivity contribution in [3.63, 3.8) is 0 Å². The quantitative estimate of drug-likeness (QED) is 0.0660. The van der Waals surface area contributed by atoms with Gasteiger partial charge in [0.25, 0.3) is 15.6 Å². The SMILES string of the molecule is CCCCC(CC)COP(=O)([O-])OCCC(C)CCC.CCCCC(CC)COP(=O)([O-])OCCC(C)CCC.[Ni+2]. The van der Waals surface area contributed by atoms with E-state index in [1.54, 1.807) is 0 Å². The van der Waals surface area contributed by atoms with Gasteiger partial charge in [-0.05, 0) is 49.4 Å². The van der Waals surface area contributed by atoms with Crippen molar-refractivity contribution in [2.45, 2.75) is 145 Å². The Kier molecular flexibility index (Phi) is 33.1. The molecule has 0 aromatic carbocycles. The maximum absolute atomic E-state index is 11.6. The third kappa shape index (κ3) is 30.5. The number of hydrogen-bond donors (Lipinski definition) is 0. The van der Waals surface area contributed by atoms with Crippen molar-refractivity contribution in [2.24, 2.45) is 23.7 Å². The largest absolute Gasteiger partial charge is 2.00 e. The van der Waals surface area contributed by atoms with Crippen LogP contribution in [0.2, 0.25) is 0 Å². The first kappa shape index (κ1) is 46.1. The van der Waals surface area contributed by atoms with Gasteiger partial charge in [0.1, 0.15) is 0 Å². The fraction of sp³-hybridized carbons (Fsp3) is 1.00. The Morgan fingerprint density at radius 2 is 0.878 bits per heavy atom. The fourth-order valence-corrected chi connectivity index (χ4v) is 5.86. The van der Waals surface area contributed by atoms with Gasteiger partial charge in [0.2, 0.25) is 0 Å². The van der Waals surface area contributed by atoms with Crippen LogP contribution in [0.15, 0.2) is 0 Å². The molecule has 8 nitrogen and oxygen atoms in total. The summed E-state index contributed by atoms with van der Waals surface area (Å²) in [6, 6.07) is 0. The molecule has 0 aromatic heterocycles. The van der Waals surface area contributed by atoms with Crippen LogP contribution in [0, 0.1) is 23.7 Å². The minimum atomic E-state index is -4.12. The Hall–Kier alpha value is 0.714. The predicted molar refractivity (Wildman–Crippen MR) is 163 cm³/mol. The van der Waals surface area contributed by atoms with E-state index < -0.39 is 15.6 Å². The third-order valence-corrected chi connectivity index (χ3v) is 9.23. The van der Waals surface area contributed by atoms with Gasteiger partial charge in [-0.2, -0.15) is 0 Å². The summed E-state index contributed by atoms with van der Waals surface area (Å²) in [5.74, 6) is 1.60. The number of rotatable bonds is 26. The van der Waals surface area contributed by atoms with Crippen molar-refractivity contribution in [1.82, 2.24) is 0 Å². The molecule has 0 saturated carbocycles. The molecule has 6 atom stereocenters. The topological polar surface area (TPSA) is 117 Å². The summed E-state index contributed by atoms with van der Waals surface area (Å²) in [5, 5.41) is 0. The maximum atomic E-state index is 11.6. The second-order valence-electron chi connectivity index (χ2n) is 11.4. The van der Waals surface area contributed by atoms with Crippen molar-refractivity contribution in [3.8, 4) is 0 Å². The normalized spacial score (nSPS) is 17.2. The summed E-state index contributed by atoms with van der Waals surface area (Å²) in [6.45, 7) is 17.8. The Bertz CT molecular complexity index is 602. The average Bonchev–Trinajstić information content (AvgIpc) is 2.89. The second kappa shape index (κ2) is 29.4. The molecular weight excluding hydrogens is 609 g/mol. The van der Waals surface area contributed by atoms with Gasteiger partial charge in [0, 0.05) is 0 Å². The molecule has 0 aliphatic carbocycles. The summed E-state index contributed by atoms with van der Waals surface area (Å²) in [4.78, 5) is 23.3. The number of phosphoric ester groups is 2. The van der Waals surface area contributed by atoms with Crippen LogP contribution in [-0.2, 0) is 43.7 Å². The van der Waals surface area contributed by atoms with Crippen molar-refractivity contribution >= 4 is 15.6 Å². The van der Waals surface area contributed by atoms with Gasteiger partial charge < -0.3 is 27.9 Å². The summed E-state index contributed by atoms with van der Waals surface area (Å²) in [7, 11) is -8.23. The van der Waals surface area contributed by atoms with Crippen molar-refractivity contribution < 1.29 is 53.5 Å². The molecule has 0 radical (unpaired) electrons. The number of phosphoric acid groups is 2. The zero-order valence-corrected chi connectivity index (χ0v) is 30.3. The summed E-state index contributed by atoms with van der Waals surface area (Å²) in [6.07, 6.45) is 14.3. The van der Waals surface area contributed by atoms with Crippen molar-refractivity contribution in [2.75, 3.05) is 26.4 Å². The van der Waals surface area contributed by atoms with Crippen LogP contribution in [-0.4, -0.2) is 26.4 Å². The van der Waals surface area contributed by atoms with Crippen LogP contribution >= 0.6 is 15.6 Å². The Morgan fingerprint density at radius 3 is 1.15 bits per heavy atom. The Morgan fingerprint density at radius 1 is 0.537 bits per heavy atom. The van der Waals surface area contributed by atoms with E-state index in [9.17, 15) is 18.9 Å². The van der Waals surface area contributed by atoms with Crippen LogP contribution in [0.3, 0.4) is 0 Å². The monoisotopic (exact) mass is 672 g/mol. The summed E-state index contributed by atoms with van der Waals surface area (Å²) < 4.78 is 43.1. The van der Waals surface area contributed by atoms with Gasteiger partial charge in [-0.1, -0.05) is 120 Å². The van der Waals surface area contributed by atoms with E-state index in [1.165, 1.54) is 0 Å². The minimum absolute atomic E-state index is 0. The van der Waals surface area contributed by atoms with Gasteiger partial charge >= 0.3 is 16.5 Å². The number of unbranched alkanes of at least 4 members (excludes halogenated alkanes) is 2. The molecule has 0 aromatic rings. The van der Waals surface area contributed by atoms with Gasteiger partial charge in [-0.15, -0.1) is 0 Å². The molecule has 0 heterocycles. The van der Waals surface area contributed by atoms with E-state index in [0.29, 0.717) is 23.7 Å². The van der Waals surface area contributed by atoms with Crippen LogP contribution in [0.1, 0.15) is 145 Å². The first-order valence-corrected chi connectivity index (χ1v) is 19.0. The Labute approximate surface area is 264 Å². The van der Waals surface area contributed by atoms with E-state index in [-0.39, 0.29) is 42.9 Å². The van der Waals surface area contributed by atoms with Gasteiger partial charge in [0.15, 0.2) is 0 Å². The van der Waals surface area contributed by atoms with E-state index in [0.717, 1.165) is 89.9 Å². The van der Waals surface area contributed by atoms with Crippen LogP contribution in [0.25, 0.3) is 0 Å². The Balaban J connectivity index is -0.000000688. The minimum Gasteiger partial charge on any atom is -0.756 e. The van der Waals surface area contributed by atoms with Crippen molar-refractivity contribution in [1.29, 1.82) is 0 Å². The molecule has 0 N–H and O–H groups in total. The summed E-state index contributed by atoms with van der Waals surface area (Å²) >= 11 is 0. The standard InChI is InChI=1S/2C15H33O4P.Ni/c2*1-5-8-10-15(7-3)13-19-20(16,17)18-12-11-14(4)9-6-2;/h2*14-15H,5-13H2,1-4H3,(H,16,17);/q;;+2/p-2. The zero-order chi connectivity index (χ0) is 30.9. The average molecular weight is 673 g/mol. The molecule has 0 bridgehead atoms. The molecule has 0 saturated heterocycles. The van der Waals surface area contributed by atoms with Gasteiger partial charge in [-0.25, -0.2) is 0 Å². The smallest absolute Gasteiger partial charge is 0.756 e. The van der Waals surface area contributed by atoms with Crippen molar-refractivity contribution in [3.05, 3.63) is 0 Å². The third-order valence-electron chi connectivity index (χ3n) is 7.31. The second-order valence-corrected chi connectivity index (χ2v) is 14.2. The van der Waals surface area contributed by atoms with E-state index in [1.807, 2.05) is 0 Å². The van der Waals surface area contributed by atoms with Crippen LogP contribution in [0.4, 0.5) is 0 Å². The molecule has 0 fully saturated rings. The van der Waals surface area contributed by atoms with Gasteiger partial charge in [-0.3, -0.25) is 9.13 Å². The maximum Gasteiger partial charge on any atom is 2.00 e. The van der Waals surface area contributed by atoms with Crippen LogP contribution in [0.5, 0.6) is 0 Å². The molecule has 41 heavy (non-hydrogen) atoms. The molecule has 0 aliphatic rings. The molecule has 0 spiro atoms. The molecule has 252 valence electrons. The van der Waals surface area contributed by atoms with E-state index in [2.05, 4.69) is 55.4 Å². The van der Waals surface area contributed by atoms with Crippen LogP contribution < -0.4 is 9.79 Å². The molecule has 0 aliphatic heterocycles. The predicted octanol–water partition coefficient (Wildman–Crippen LogP) is 9.06.